The lowest BCUT2D eigenvalue weighted by Crippen LogP contribution is -2.19. The highest BCUT2D eigenvalue weighted by Crippen LogP contribution is 2.13. The highest BCUT2D eigenvalue weighted by atomic mass is 35.5. The van der Waals surface area contributed by atoms with E-state index in [1.165, 1.54) is 24.3 Å². The molecule has 0 aliphatic rings. The van der Waals surface area contributed by atoms with Crippen LogP contribution in [0.1, 0.15) is 12.5 Å². The summed E-state index contributed by atoms with van der Waals surface area (Å²) in [5.74, 6) is 0. The zero-order valence-electron chi connectivity index (χ0n) is 10.6. The van der Waals surface area contributed by atoms with Crippen molar-refractivity contribution < 1.29 is 8.42 Å². The van der Waals surface area contributed by atoms with E-state index in [2.05, 4.69) is 14.9 Å². The largest absolute Gasteiger partial charge is 0.276 e. The number of nitrogens with zero attached hydrogens (tertiary/aromatic N) is 2. The standard InChI is InChI=1S/C13H12ClN3O2S/c1-10(11-3-2-8-15-9-11)16-17-20(18,19)13-6-4-12(14)5-7-13/h2-9,17H,1H3/b16-10-. The Morgan fingerprint density at radius 2 is 1.95 bits per heavy atom. The molecule has 2 aromatic rings. The average molecular weight is 310 g/mol. The van der Waals surface area contributed by atoms with Crippen LogP contribution >= 0.6 is 11.6 Å². The third-order valence-corrected chi connectivity index (χ3v) is 4.01. The maximum absolute atomic E-state index is 12.0. The van der Waals surface area contributed by atoms with Gasteiger partial charge in [-0.25, -0.2) is 0 Å². The second kappa shape index (κ2) is 6.02. The third kappa shape index (κ3) is 3.55. The van der Waals surface area contributed by atoms with Crippen LogP contribution in [0, 0.1) is 0 Å². The summed E-state index contributed by atoms with van der Waals surface area (Å²) in [6.07, 6.45) is 3.24. The van der Waals surface area contributed by atoms with Gasteiger partial charge in [-0.15, -0.1) is 0 Å². The number of nitrogens with one attached hydrogen (secondary N) is 1. The SMILES string of the molecule is C/C(=N/NS(=O)(=O)c1ccc(Cl)cc1)c1cccnc1. The van der Waals surface area contributed by atoms with E-state index in [0.29, 0.717) is 10.7 Å². The Morgan fingerprint density at radius 1 is 1.25 bits per heavy atom. The molecular weight excluding hydrogens is 298 g/mol. The van der Waals surface area contributed by atoms with Gasteiger partial charge in [0.2, 0.25) is 0 Å². The predicted octanol–water partition coefficient (Wildman–Crippen LogP) is 2.44. The van der Waals surface area contributed by atoms with Crippen LogP contribution in [0.4, 0.5) is 0 Å². The number of benzene rings is 1. The molecule has 1 N–H and O–H groups in total. The van der Waals surface area contributed by atoms with Gasteiger partial charge in [0, 0.05) is 23.0 Å². The quantitative estimate of drug-likeness (QED) is 0.696. The van der Waals surface area contributed by atoms with Gasteiger partial charge in [-0.2, -0.15) is 18.4 Å². The van der Waals surface area contributed by atoms with Gasteiger partial charge in [0.25, 0.3) is 10.0 Å². The van der Waals surface area contributed by atoms with E-state index in [-0.39, 0.29) is 4.90 Å². The molecule has 0 atom stereocenters. The Labute approximate surface area is 122 Å². The number of aromatic nitrogens is 1. The first-order valence-electron chi connectivity index (χ1n) is 5.71. The van der Waals surface area contributed by atoms with E-state index in [0.717, 1.165) is 5.56 Å². The van der Waals surface area contributed by atoms with Crippen LogP contribution in [0.15, 0.2) is 58.8 Å². The first kappa shape index (κ1) is 14.5. The van der Waals surface area contributed by atoms with Gasteiger partial charge in [0.05, 0.1) is 10.6 Å². The zero-order chi connectivity index (χ0) is 14.6. The zero-order valence-corrected chi connectivity index (χ0v) is 12.2. The fraction of sp³-hybridized carbons (Fsp3) is 0.0769. The molecule has 1 aromatic carbocycles. The number of hydrogen-bond acceptors (Lipinski definition) is 4. The lowest BCUT2D eigenvalue weighted by atomic mass is 10.2. The van der Waals surface area contributed by atoms with Crippen LogP contribution in [0.3, 0.4) is 0 Å². The Hall–Kier alpha value is -1.92. The second-order valence-electron chi connectivity index (χ2n) is 3.99. The lowest BCUT2D eigenvalue weighted by Gasteiger charge is -2.05. The van der Waals surface area contributed by atoms with Gasteiger partial charge in [-0.05, 0) is 37.3 Å². The molecule has 0 aliphatic heterocycles. The second-order valence-corrected chi connectivity index (χ2v) is 6.08. The highest BCUT2D eigenvalue weighted by Gasteiger charge is 2.12. The number of hydrogen-bond donors (Lipinski definition) is 1. The molecule has 104 valence electrons. The fourth-order valence-electron chi connectivity index (χ4n) is 1.44. The summed E-state index contributed by atoms with van der Waals surface area (Å²) in [5, 5.41) is 4.34. The third-order valence-electron chi connectivity index (χ3n) is 2.54. The van der Waals surface area contributed by atoms with Crippen LogP contribution in [0.5, 0.6) is 0 Å². The van der Waals surface area contributed by atoms with Crippen molar-refractivity contribution in [1.82, 2.24) is 9.82 Å². The molecule has 0 fully saturated rings. The van der Waals surface area contributed by atoms with Crippen molar-refractivity contribution in [3.63, 3.8) is 0 Å². The molecule has 0 radical (unpaired) electrons. The van der Waals surface area contributed by atoms with E-state index in [1.54, 1.807) is 31.5 Å². The van der Waals surface area contributed by atoms with E-state index in [9.17, 15) is 8.42 Å². The van der Waals surface area contributed by atoms with Gasteiger partial charge in [-0.3, -0.25) is 4.98 Å². The van der Waals surface area contributed by atoms with Crippen molar-refractivity contribution in [3.05, 3.63) is 59.4 Å². The molecule has 1 heterocycles. The summed E-state index contributed by atoms with van der Waals surface area (Å²) in [4.78, 5) is 6.23. The Kier molecular flexibility index (Phi) is 4.36. The van der Waals surface area contributed by atoms with Crippen LogP contribution in [-0.2, 0) is 10.0 Å². The van der Waals surface area contributed by atoms with Gasteiger partial charge in [0.15, 0.2) is 0 Å². The normalized spacial score (nSPS) is 12.2. The van der Waals surface area contributed by atoms with Crippen molar-refractivity contribution >= 4 is 27.3 Å². The van der Waals surface area contributed by atoms with E-state index in [1.807, 2.05) is 0 Å². The van der Waals surface area contributed by atoms with Crippen molar-refractivity contribution in [2.24, 2.45) is 5.10 Å². The molecule has 5 nitrogen and oxygen atoms in total. The number of pyridine rings is 1. The minimum atomic E-state index is -3.70. The molecule has 7 heteroatoms. The topological polar surface area (TPSA) is 71.4 Å². The van der Waals surface area contributed by atoms with E-state index in [4.69, 9.17) is 11.6 Å². The van der Waals surface area contributed by atoms with Crippen LogP contribution in [-0.4, -0.2) is 19.1 Å². The summed E-state index contributed by atoms with van der Waals surface area (Å²) in [7, 11) is -3.70. The molecule has 0 saturated carbocycles. The molecule has 1 aromatic heterocycles. The molecule has 0 unspecified atom stereocenters. The van der Waals surface area contributed by atoms with Gasteiger partial charge in [-0.1, -0.05) is 17.7 Å². The Balaban J connectivity index is 2.19. The van der Waals surface area contributed by atoms with Crippen molar-refractivity contribution in [1.29, 1.82) is 0 Å². The van der Waals surface area contributed by atoms with Gasteiger partial charge in [0.1, 0.15) is 0 Å². The Morgan fingerprint density at radius 3 is 2.55 bits per heavy atom. The molecule has 0 saturated heterocycles. The van der Waals surface area contributed by atoms with Crippen molar-refractivity contribution in [2.45, 2.75) is 11.8 Å². The first-order chi connectivity index (χ1) is 9.49. The van der Waals surface area contributed by atoms with Crippen LogP contribution in [0.25, 0.3) is 0 Å². The highest BCUT2D eigenvalue weighted by molar-refractivity contribution is 7.89. The molecule has 0 spiro atoms. The van der Waals surface area contributed by atoms with E-state index >= 15 is 0 Å². The first-order valence-corrected chi connectivity index (χ1v) is 7.57. The van der Waals surface area contributed by atoms with Gasteiger partial charge < -0.3 is 0 Å². The molecule has 2 rings (SSSR count). The maximum atomic E-state index is 12.0. The predicted molar refractivity (Wildman–Crippen MR) is 78.2 cm³/mol. The fourth-order valence-corrected chi connectivity index (χ4v) is 2.42. The van der Waals surface area contributed by atoms with Crippen LogP contribution in [0.2, 0.25) is 5.02 Å². The summed E-state index contributed by atoms with van der Waals surface area (Å²) in [6, 6.07) is 9.39. The summed E-state index contributed by atoms with van der Waals surface area (Å²) >= 11 is 5.72. The molecule has 0 amide bonds. The van der Waals surface area contributed by atoms with Crippen molar-refractivity contribution in [2.75, 3.05) is 0 Å². The minimum absolute atomic E-state index is 0.102. The summed E-state index contributed by atoms with van der Waals surface area (Å²) in [6.45, 7) is 1.70. The number of hydrazone groups is 1. The number of rotatable bonds is 4. The van der Waals surface area contributed by atoms with Crippen LogP contribution < -0.4 is 4.83 Å². The van der Waals surface area contributed by atoms with E-state index < -0.39 is 10.0 Å². The van der Waals surface area contributed by atoms with Gasteiger partial charge >= 0.3 is 0 Å². The Bertz CT molecular complexity index is 713. The maximum Gasteiger partial charge on any atom is 0.276 e. The number of halogens is 1. The average Bonchev–Trinajstić information content (AvgIpc) is 2.46. The van der Waals surface area contributed by atoms with Crippen molar-refractivity contribution in [3.8, 4) is 0 Å². The molecule has 0 aliphatic carbocycles. The number of sulfonamides is 1. The smallest absolute Gasteiger partial charge is 0.264 e. The minimum Gasteiger partial charge on any atom is -0.264 e. The lowest BCUT2D eigenvalue weighted by molar-refractivity contribution is 0.584. The monoisotopic (exact) mass is 309 g/mol. The molecule has 20 heavy (non-hydrogen) atoms. The summed E-state index contributed by atoms with van der Waals surface area (Å²) in [5.41, 5.74) is 1.27. The molecular formula is C13H12ClN3O2S. The molecule has 0 bridgehead atoms. The summed E-state index contributed by atoms with van der Waals surface area (Å²) < 4.78 is 24.0.